The Hall–Kier alpha value is 2.01. The number of hydrogen-bond acceptors (Lipinski definition) is 3. The second-order valence-electron chi connectivity index (χ2n) is 0.250. The number of hydrogen-bond donors (Lipinski definition) is 0. The summed E-state index contributed by atoms with van der Waals surface area (Å²) in [6.07, 6.45) is 0. The zero-order chi connectivity index (χ0) is 3.58. The summed E-state index contributed by atoms with van der Waals surface area (Å²) in [6, 6.07) is 0. The molecular formula is H11LiNa2O8Si. The monoisotopic (exact) mass is 220 g/mol. The third-order valence-electron chi connectivity index (χ3n) is 0. The largest absolute Gasteiger partial charge is 1.00 e. The zero-order valence-corrected chi connectivity index (χ0v) is 11.2. The topological polar surface area (TPSA) is 221 Å². The van der Waals surface area contributed by atoms with Crippen LogP contribution < -0.4 is 68.7 Å². The van der Waals surface area contributed by atoms with E-state index in [0.717, 1.165) is 0 Å². The van der Waals surface area contributed by atoms with E-state index >= 15 is 0 Å². The quantitative estimate of drug-likeness (QED) is 0.362. The molecule has 10 N–H and O–H groups in total. The Kier molecular flexibility index (Phi) is 588. The van der Waals surface area contributed by atoms with Gasteiger partial charge in [-0.3, -0.25) is 0 Å². The van der Waals surface area contributed by atoms with Crippen LogP contribution in [-0.4, -0.2) is 55.4 Å². The molecule has 0 spiro atoms. The van der Waals surface area contributed by atoms with Crippen LogP contribution in [0.1, 0.15) is 0 Å². The van der Waals surface area contributed by atoms with Gasteiger partial charge in [0.1, 0.15) is 0 Å². The predicted molar refractivity (Wildman–Crippen MR) is 31.7 cm³/mol. The molecule has 66 valence electrons. The maximum Gasteiger partial charge on any atom is 1.00 e. The molecule has 0 radical (unpaired) electrons. The maximum absolute atomic E-state index is 8.52. The normalized spacial score (nSPS) is 2.00. The molecule has 0 aliphatic heterocycles. The van der Waals surface area contributed by atoms with Crippen molar-refractivity contribution in [3.63, 3.8) is 0 Å². The Balaban J connectivity index is -0.00000000161. The van der Waals surface area contributed by atoms with E-state index in [1.807, 2.05) is 0 Å². The molecule has 0 saturated heterocycles. The van der Waals surface area contributed by atoms with Gasteiger partial charge in [0, 0.05) is 9.17 Å². The van der Waals surface area contributed by atoms with Gasteiger partial charge in [-0.1, -0.05) is 0 Å². The molecule has 0 amide bonds. The fraction of sp³-hybridized carbons (Fsp3) is 0. The average Bonchev–Trinajstić information content (AvgIpc) is 0.811. The first-order valence-corrected chi connectivity index (χ1v) is 1.84. The van der Waals surface area contributed by atoms with Crippen molar-refractivity contribution in [2.75, 3.05) is 0 Å². The fourth-order valence-electron chi connectivity index (χ4n) is 0. The van der Waals surface area contributed by atoms with Gasteiger partial charge in [0.05, 0.1) is 0 Å². The zero-order valence-electron chi connectivity index (χ0n) is 6.22. The summed E-state index contributed by atoms with van der Waals surface area (Å²) in [4.78, 5) is 17.0. The van der Waals surface area contributed by atoms with Crippen LogP contribution in [0, 0.1) is 0 Å². The van der Waals surface area contributed by atoms with Crippen molar-refractivity contribution in [1.29, 1.82) is 0 Å². The van der Waals surface area contributed by atoms with E-state index in [1.54, 1.807) is 0 Å². The fourth-order valence-corrected chi connectivity index (χ4v) is 0. The van der Waals surface area contributed by atoms with Crippen molar-refractivity contribution in [2.45, 2.75) is 0 Å². The van der Waals surface area contributed by atoms with E-state index in [0.29, 0.717) is 0 Å². The van der Waals surface area contributed by atoms with Crippen LogP contribution in [0.5, 0.6) is 0 Å². The van der Waals surface area contributed by atoms with Crippen LogP contribution in [0.3, 0.4) is 0 Å². The molecule has 0 aromatic carbocycles. The molecule has 12 heavy (non-hydrogen) atoms. The van der Waals surface area contributed by atoms with Crippen LogP contribution in [0.2, 0.25) is 0 Å². The summed E-state index contributed by atoms with van der Waals surface area (Å²) in [5.41, 5.74) is 0. The summed E-state index contributed by atoms with van der Waals surface area (Å²) in [7, 11) is -3.63. The van der Waals surface area contributed by atoms with Gasteiger partial charge in [0.2, 0.25) is 0 Å². The van der Waals surface area contributed by atoms with Crippen LogP contribution in [-0.2, 0) is 4.46 Å². The minimum Gasteiger partial charge on any atom is 1.00 e. The second kappa shape index (κ2) is 74.7. The van der Waals surface area contributed by atoms with Gasteiger partial charge in [0.15, 0.2) is 0 Å². The van der Waals surface area contributed by atoms with Gasteiger partial charge >= 0.3 is 78.0 Å². The minimum atomic E-state index is -3.63. The standard InChI is InChI=1S/Li.2Na.O3Si.5H2O.H/c;;;1-4(2)3;;;;;;/h;;;;5*1H2;/q;2*+1;-2;;;;;;. The Bertz CT molecular complexity index is 40.0. The molecule has 0 bridgehead atoms. The van der Waals surface area contributed by atoms with Gasteiger partial charge < -0.3 is 41.4 Å². The Morgan fingerprint density at radius 1 is 0.750 bits per heavy atom. The van der Waals surface area contributed by atoms with Crippen LogP contribution >= 0.6 is 0 Å². The van der Waals surface area contributed by atoms with Gasteiger partial charge in [0.25, 0.3) is 0 Å². The predicted octanol–water partition coefficient (Wildman–Crippen LogP) is -13.6. The van der Waals surface area contributed by atoms with E-state index in [-0.39, 0.29) is 105 Å². The summed E-state index contributed by atoms with van der Waals surface area (Å²) >= 11 is 0. The second-order valence-corrected chi connectivity index (χ2v) is 0.750. The summed E-state index contributed by atoms with van der Waals surface area (Å²) in [6.45, 7) is 0. The first-order valence-electron chi connectivity index (χ1n) is 0.612. The minimum absolute atomic E-state index is 0. The Morgan fingerprint density at radius 3 is 0.750 bits per heavy atom. The van der Waals surface area contributed by atoms with Crippen LogP contribution in [0.25, 0.3) is 0 Å². The van der Waals surface area contributed by atoms with Gasteiger partial charge in [-0.25, -0.2) is 0 Å². The molecule has 0 aromatic heterocycles. The van der Waals surface area contributed by atoms with Gasteiger partial charge in [-0.05, 0) is 0 Å². The Morgan fingerprint density at radius 2 is 0.750 bits per heavy atom. The Labute approximate surface area is 127 Å². The van der Waals surface area contributed by atoms with Crippen molar-refractivity contribution >= 4 is 28.0 Å². The van der Waals surface area contributed by atoms with Crippen molar-refractivity contribution in [3.8, 4) is 0 Å². The molecule has 0 unspecified atom stereocenters. The van der Waals surface area contributed by atoms with Gasteiger partial charge in [-0.15, -0.1) is 0 Å². The van der Waals surface area contributed by atoms with Gasteiger partial charge in [-0.2, -0.15) is 0 Å². The first kappa shape index (κ1) is 94.4. The molecule has 8 nitrogen and oxygen atoms in total. The summed E-state index contributed by atoms with van der Waals surface area (Å²) < 4.78 is 8.52. The number of rotatable bonds is 0. The first-order chi connectivity index (χ1) is 1.73. The molecule has 0 aliphatic carbocycles. The third-order valence-corrected chi connectivity index (χ3v) is 0. The molecule has 0 rings (SSSR count). The average molecular weight is 220 g/mol. The van der Waals surface area contributed by atoms with Crippen molar-refractivity contribution < 1.29 is 101 Å². The van der Waals surface area contributed by atoms with E-state index in [2.05, 4.69) is 0 Å². The molecule has 0 atom stereocenters. The van der Waals surface area contributed by atoms with Crippen molar-refractivity contribution in [1.82, 2.24) is 0 Å². The molecular weight excluding hydrogens is 209 g/mol. The van der Waals surface area contributed by atoms with Crippen molar-refractivity contribution in [3.05, 3.63) is 0 Å². The SMILES string of the molecule is O.O.O.O.O.O=[Si]([O-])[O-].[LiH].[Na+].[Na+]. The molecule has 0 saturated carbocycles. The van der Waals surface area contributed by atoms with Crippen molar-refractivity contribution in [2.24, 2.45) is 0 Å². The smallest absolute Gasteiger partial charge is 1.00 e. The van der Waals surface area contributed by atoms with Crippen LogP contribution in [0.15, 0.2) is 0 Å². The molecule has 0 fully saturated rings. The maximum atomic E-state index is 8.52. The molecule has 0 aliphatic rings. The molecule has 0 aromatic rings. The van der Waals surface area contributed by atoms with E-state index in [1.165, 1.54) is 0 Å². The van der Waals surface area contributed by atoms with E-state index in [4.69, 9.17) is 14.1 Å². The molecule has 12 heteroatoms. The van der Waals surface area contributed by atoms with E-state index < -0.39 is 9.17 Å². The molecule has 0 heterocycles. The summed E-state index contributed by atoms with van der Waals surface area (Å²) in [5.74, 6) is 0. The third kappa shape index (κ3) is 359. The van der Waals surface area contributed by atoms with Crippen LogP contribution in [0.4, 0.5) is 0 Å². The van der Waals surface area contributed by atoms with E-state index in [9.17, 15) is 0 Å². The summed E-state index contributed by atoms with van der Waals surface area (Å²) in [5, 5.41) is 0.